The van der Waals surface area contributed by atoms with Crippen molar-refractivity contribution < 1.29 is 0 Å². The van der Waals surface area contributed by atoms with Crippen LogP contribution < -0.4 is 0 Å². The van der Waals surface area contributed by atoms with Crippen molar-refractivity contribution in [1.82, 2.24) is 4.57 Å². The van der Waals surface area contributed by atoms with Gasteiger partial charge in [-0.2, -0.15) is 0 Å². The van der Waals surface area contributed by atoms with E-state index in [4.69, 9.17) is 0 Å². The van der Waals surface area contributed by atoms with Gasteiger partial charge in [0, 0.05) is 29.3 Å². The maximum Gasteiger partial charge on any atom is 0.0574 e. The molecular weight excluding hydrogens is 506 g/mol. The minimum absolute atomic E-state index is 1.24. The summed E-state index contributed by atoms with van der Waals surface area (Å²) in [6.07, 6.45) is 0. The number of aryl methyl sites for hydroxylation is 1. The van der Waals surface area contributed by atoms with E-state index in [0.29, 0.717) is 0 Å². The van der Waals surface area contributed by atoms with Crippen LogP contribution in [0, 0.1) is 0 Å². The Labute approximate surface area is 244 Å². The summed E-state index contributed by atoms with van der Waals surface area (Å²) < 4.78 is 2.44. The fourth-order valence-electron chi connectivity index (χ4n) is 7.15. The quantitative estimate of drug-likeness (QED) is 0.195. The third kappa shape index (κ3) is 3.31. The minimum Gasteiger partial charge on any atom is -0.343 e. The molecule has 0 saturated heterocycles. The third-order valence-corrected chi connectivity index (χ3v) is 9.11. The average molecular weight is 534 g/mol. The molecule has 0 bridgehead atoms. The highest BCUT2D eigenvalue weighted by atomic mass is 14.9. The van der Waals surface area contributed by atoms with E-state index in [1.54, 1.807) is 0 Å². The van der Waals surface area contributed by atoms with Gasteiger partial charge in [0.05, 0.1) is 5.52 Å². The third-order valence-electron chi connectivity index (χ3n) is 9.11. The average Bonchev–Trinajstić information content (AvgIpc) is 3.42. The molecule has 42 heavy (non-hydrogen) atoms. The van der Waals surface area contributed by atoms with Crippen LogP contribution in [-0.2, 0) is 7.05 Å². The van der Waals surface area contributed by atoms with Crippen LogP contribution in [0.4, 0.5) is 0 Å². The van der Waals surface area contributed by atoms with Crippen LogP contribution in [-0.4, -0.2) is 4.57 Å². The van der Waals surface area contributed by atoms with E-state index >= 15 is 0 Å². The predicted molar refractivity (Wildman–Crippen MR) is 180 cm³/mol. The lowest BCUT2D eigenvalue weighted by Gasteiger charge is -2.23. The summed E-state index contributed by atoms with van der Waals surface area (Å²) in [6, 6.07) is 53.7. The molecule has 0 atom stereocenters. The second-order valence-electron chi connectivity index (χ2n) is 11.4. The normalized spacial score (nSPS) is 11.9. The monoisotopic (exact) mass is 533 g/mol. The van der Waals surface area contributed by atoms with Gasteiger partial charge in [-0.25, -0.2) is 0 Å². The maximum atomic E-state index is 2.45. The van der Waals surface area contributed by atoms with Gasteiger partial charge in [0.2, 0.25) is 0 Å². The van der Waals surface area contributed by atoms with Crippen molar-refractivity contribution in [2.75, 3.05) is 0 Å². The van der Waals surface area contributed by atoms with E-state index in [1.165, 1.54) is 87.5 Å². The molecule has 0 N–H and O–H groups in total. The number of rotatable bonds is 2. The first-order valence-electron chi connectivity index (χ1n) is 14.6. The van der Waals surface area contributed by atoms with Gasteiger partial charge >= 0.3 is 0 Å². The molecule has 0 unspecified atom stereocenters. The molecule has 9 rings (SSSR count). The van der Waals surface area contributed by atoms with Crippen LogP contribution in [0.15, 0.2) is 146 Å². The summed E-state index contributed by atoms with van der Waals surface area (Å²) in [6.45, 7) is 0. The lowest BCUT2D eigenvalue weighted by molar-refractivity contribution is 0.969. The molecule has 1 heteroatoms. The molecule has 2 aliphatic rings. The summed E-state index contributed by atoms with van der Waals surface area (Å²) in [7, 11) is 2.24. The predicted octanol–water partition coefficient (Wildman–Crippen LogP) is 11.2. The maximum absolute atomic E-state index is 2.45. The largest absolute Gasteiger partial charge is 0.343 e. The van der Waals surface area contributed by atoms with Gasteiger partial charge in [0.15, 0.2) is 0 Å². The number of hydrogen-bond acceptors (Lipinski definition) is 0. The van der Waals surface area contributed by atoms with Crippen molar-refractivity contribution >= 4 is 54.0 Å². The topological polar surface area (TPSA) is 4.93 Å². The number of fused-ring (bicyclic) bond motifs is 7. The van der Waals surface area contributed by atoms with E-state index in [1.807, 2.05) is 0 Å². The molecule has 196 valence electrons. The zero-order valence-electron chi connectivity index (χ0n) is 23.3. The van der Waals surface area contributed by atoms with Crippen molar-refractivity contribution in [3.8, 4) is 33.5 Å². The van der Waals surface area contributed by atoms with Crippen molar-refractivity contribution in [2.24, 2.45) is 7.05 Å². The Bertz CT molecular complexity index is 2480. The first-order valence-corrected chi connectivity index (χ1v) is 14.6. The fraction of sp³-hybridized carbons (Fsp3) is 0.0244. The standard InChI is InChI=1S/C41H27N/c1-42-38-24-30-14-6-7-15-33(30)36(38)25-37-39(31-20-18-26-10-2-4-12-28(26)22-31)34-16-8-9-17-35(34)40(41(37)42)32-21-19-27-11-3-5-13-29(27)23-32/h2-25H,1H3. The Kier molecular flexibility index (Phi) is 4.88. The second kappa shape index (κ2) is 8.80. The highest BCUT2D eigenvalue weighted by Gasteiger charge is 2.23. The van der Waals surface area contributed by atoms with Crippen LogP contribution in [0.25, 0.3) is 87.5 Å². The Balaban J connectivity index is 1.51. The van der Waals surface area contributed by atoms with E-state index < -0.39 is 0 Å². The number of hydrogen-bond donors (Lipinski definition) is 0. The second-order valence-corrected chi connectivity index (χ2v) is 11.4. The number of pyridine rings is 1. The summed E-state index contributed by atoms with van der Waals surface area (Å²) in [5.74, 6) is 0. The zero-order chi connectivity index (χ0) is 27.8. The van der Waals surface area contributed by atoms with Gasteiger partial charge in [-0.3, -0.25) is 0 Å². The molecular formula is C41H27N. The molecule has 7 aromatic rings. The summed E-state index contributed by atoms with van der Waals surface area (Å²) in [5, 5.41) is 11.4. The van der Waals surface area contributed by atoms with Crippen molar-refractivity contribution in [3.63, 3.8) is 0 Å². The van der Waals surface area contributed by atoms with Crippen LogP contribution in [0.5, 0.6) is 0 Å². The van der Waals surface area contributed by atoms with E-state index in [9.17, 15) is 0 Å². The molecule has 7 aromatic carbocycles. The molecule has 1 heterocycles. The molecule has 1 aliphatic heterocycles. The van der Waals surface area contributed by atoms with Crippen molar-refractivity contribution in [2.45, 2.75) is 0 Å². The first-order chi connectivity index (χ1) is 20.7. The Hall–Kier alpha value is -5.40. The highest BCUT2D eigenvalue weighted by molar-refractivity contribution is 6.23. The van der Waals surface area contributed by atoms with Crippen LogP contribution >= 0.6 is 0 Å². The molecule has 0 saturated carbocycles. The fourth-order valence-corrected chi connectivity index (χ4v) is 7.15. The molecule has 0 fully saturated rings. The minimum atomic E-state index is 1.24. The van der Waals surface area contributed by atoms with E-state index in [-0.39, 0.29) is 0 Å². The molecule has 0 spiro atoms. The lowest BCUT2D eigenvalue weighted by Crippen LogP contribution is -2.02. The van der Waals surface area contributed by atoms with Crippen LogP contribution in [0.3, 0.4) is 0 Å². The SMILES string of the molecule is Cn1c2cc3ccccc3c-2cc2c(-c3ccc4ccccc4c3)c3ccccc3c(-c3ccc4ccccc4c3)c21. The van der Waals surface area contributed by atoms with Gasteiger partial charge < -0.3 is 4.57 Å². The Morgan fingerprint density at radius 2 is 0.881 bits per heavy atom. The molecule has 1 nitrogen and oxygen atoms in total. The van der Waals surface area contributed by atoms with Crippen molar-refractivity contribution in [3.05, 3.63) is 146 Å². The molecule has 0 aromatic heterocycles. The van der Waals surface area contributed by atoms with Gasteiger partial charge in [0.1, 0.15) is 0 Å². The van der Waals surface area contributed by atoms with E-state index in [2.05, 4.69) is 157 Å². The first kappa shape index (κ1) is 23.3. The number of benzene rings is 7. The summed E-state index contributed by atoms with van der Waals surface area (Å²) in [5.41, 5.74) is 8.87. The van der Waals surface area contributed by atoms with Crippen LogP contribution in [0.1, 0.15) is 0 Å². The molecule has 1 aliphatic carbocycles. The van der Waals surface area contributed by atoms with E-state index in [0.717, 1.165) is 0 Å². The number of aromatic nitrogens is 1. The Morgan fingerprint density at radius 1 is 0.381 bits per heavy atom. The lowest BCUT2D eigenvalue weighted by atomic mass is 9.86. The van der Waals surface area contributed by atoms with Crippen LogP contribution in [0.2, 0.25) is 0 Å². The highest BCUT2D eigenvalue weighted by Crippen LogP contribution is 2.48. The smallest absolute Gasteiger partial charge is 0.0574 e. The number of nitrogens with zero attached hydrogens (tertiary/aromatic N) is 1. The summed E-state index contributed by atoms with van der Waals surface area (Å²) >= 11 is 0. The molecule has 0 amide bonds. The Morgan fingerprint density at radius 3 is 1.52 bits per heavy atom. The molecule has 0 radical (unpaired) electrons. The van der Waals surface area contributed by atoms with Gasteiger partial charge in [0.25, 0.3) is 0 Å². The summed E-state index contributed by atoms with van der Waals surface area (Å²) in [4.78, 5) is 0. The van der Waals surface area contributed by atoms with Crippen molar-refractivity contribution in [1.29, 1.82) is 0 Å². The van der Waals surface area contributed by atoms with Gasteiger partial charge in [-0.15, -0.1) is 0 Å². The van der Waals surface area contributed by atoms with Gasteiger partial charge in [-0.05, 0) is 84.0 Å². The van der Waals surface area contributed by atoms with Gasteiger partial charge in [-0.1, -0.05) is 121 Å². The zero-order valence-corrected chi connectivity index (χ0v) is 23.3.